The smallest absolute Gasteiger partial charge is 0.255 e. The molecule has 1 saturated heterocycles. The van der Waals surface area contributed by atoms with E-state index in [1.165, 1.54) is 0 Å². The molecule has 0 aliphatic carbocycles. The Hall–Kier alpha value is -0.580. The minimum absolute atomic E-state index is 0.00310. The van der Waals surface area contributed by atoms with Crippen molar-refractivity contribution >= 4 is 33.4 Å². The number of carbonyl (C=O) groups excluding carboxylic acids is 1. The third kappa shape index (κ3) is 3.12. The van der Waals surface area contributed by atoms with Crippen LogP contribution in [0.1, 0.15) is 30.1 Å². The van der Waals surface area contributed by atoms with E-state index in [1.54, 1.807) is 6.07 Å². The van der Waals surface area contributed by atoms with Crippen LogP contribution >= 0.6 is 27.5 Å². The minimum Gasteiger partial charge on any atom is -0.338 e. The van der Waals surface area contributed by atoms with Gasteiger partial charge in [-0.15, -0.1) is 0 Å². The summed E-state index contributed by atoms with van der Waals surface area (Å²) >= 11 is 9.54. The number of benzene rings is 1. The highest BCUT2D eigenvalue weighted by atomic mass is 79.9. The molecule has 1 amide bonds. The molecule has 3 nitrogen and oxygen atoms in total. The third-order valence-corrected chi connectivity index (χ3v) is 5.08. The second-order valence-electron chi connectivity index (χ2n) is 4.97. The van der Waals surface area contributed by atoms with E-state index in [0.29, 0.717) is 23.0 Å². The van der Waals surface area contributed by atoms with E-state index in [0.717, 1.165) is 23.9 Å². The molecule has 0 radical (unpaired) electrons. The molecule has 1 aromatic carbocycles. The summed E-state index contributed by atoms with van der Waals surface area (Å²) < 4.78 is 0.751. The Morgan fingerprint density at radius 2 is 2.32 bits per heavy atom. The molecule has 104 valence electrons. The molecule has 5 heteroatoms. The number of hydrogen-bond acceptors (Lipinski definition) is 2. The SMILES string of the molecule is CCC1CN(C(=O)c2cccc(Br)c2Cl)CCC1N. The second kappa shape index (κ2) is 6.25. The van der Waals surface area contributed by atoms with Gasteiger partial charge in [-0.1, -0.05) is 31.0 Å². The van der Waals surface area contributed by atoms with Crippen molar-refractivity contribution in [1.29, 1.82) is 0 Å². The van der Waals surface area contributed by atoms with Gasteiger partial charge < -0.3 is 10.6 Å². The number of nitrogens with zero attached hydrogens (tertiary/aromatic N) is 1. The summed E-state index contributed by atoms with van der Waals surface area (Å²) in [4.78, 5) is 14.4. The van der Waals surface area contributed by atoms with E-state index >= 15 is 0 Å². The van der Waals surface area contributed by atoms with E-state index < -0.39 is 0 Å². The third-order valence-electron chi connectivity index (χ3n) is 3.79. The standard InChI is InChI=1S/C14H18BrClN2O/c1-2-9-8-18(7-6-12(9)17)14(19)10-4-3-5-11(15)13(10)16/h3-5,9,12H,2,6-8,17H2,1H3. The van der Waals surface area contributed by atoms with Gasteiger partial charge >= 0.3 is 0 Å². The Balaban J connectivity index is 2.18. The maximum atomic E-state index is 12.5. The van der Waals surface area contributed by atoms with Gasteiger partial charge in [0, 0.05) is 23.6 Å². The molecular weight excluding hydrogens is 328 g/mol. The van der Waals surface area contributed by atoms with Crippen LogP contribution in [-0.2, 0) is 0 Å². The summed E-state index contributed by atoms with van der Waals surface area (Å²) in [5, 5.41) is 0.482. The number of carbonyl (C=O) groups is 1. The molecule has 0 bridgehead atoms. The fourth-order valence-electron chi connectivity index (χ4n) is 2.51. The van der Waals surface area contributed by atoms with Gasteiger partial charge in [0.05, 0.1) is 10.6 Å². The zero-order chi connectivity index (χ0) is 14.0. The van der Waals surface area contributed by atoms with E-state index in [1.807, 2.05) is 17.0 Å². The predicted octanol–water partition coefficient (Wildman–Crippen LogP) is 3.30. The normalized spacial score (nSPS) is 23.5. The average molecular weight is 346 g/mol. The molecule has 1 fully saturated rings. The number of rotatable bonds is 2. The highest BCUT2D eigenvalue weighted by Crippen LogP contribution is 2.28. The molecule has 1 aromatic rings. The highest BCUT2D eigenvalue weighted by Gasteiger charge is 2.29. The van der Waals surface area contributed by atoms with Crippen molar-refractivity contribution in [2.24, 2.45) is 11.7 Å². The summed E-state index contributed by atoms with van der Waals surface area (Å²) in [6.45, 7) is 3.54. The van der Waals surface area contributed by atoms with Crippen LogP contribution in [0.3, 0.4) is 0 Å². The molecule has 2 atom stereocenters. The number of amides is 1. The van der Waals surface area contributed by atoms with Crippen LogP contribution in [0.2, 0.25) is 5.02 Å². The molecule has 2 rings (SSSR count). The number of nitrogens with two attached hydrogens (primary N) is 1. The Morgan fingerprint density at radius 1 is 1.58 bits per heavy atom. The lowest BCUT2D eigenvalue weighted by molar-refractivity contribution is 0.0649. The first-order valence-corrected chi connectivity index (χ1v) is 7.70. The lowest BCUT2D eigenvalue weighted by Crippen LogP contribution is -2.49. The quantitative estimate of drug-likeness (QED) is 0.894. The molecule has 2 unspecified atom stereocenters. The molecule has 0 aromatic heterocycles. The molecule has 2 N–H and O–H groups in total. The first-order chi connectivity index (χ1) is 9.04. The van der Waals surface area contributed by atoms with Crippen molar-refractivity contribution < 1.29 is 4.79 Å². The van der Waals surface area contributed by atoms with Crippen molar-refractivity contribution in [3.63, 3.8) is 0 Å². The van der Waals surface area contributed by atoms with E-state index in [4.69, 9.17) is 17.3 Å². The van der Waals surface area contributed by atoms with Crippen LogP contribution in [0, 0.1) is 5.92 Å². The van der Waals surface area contributed by atoms with Crippen molar-refractivity contribution in [2.45, 2.75) is 25.8 Å². The van der Waals surface area contributed by atoms with Gasteiger partial charge in [-0.3, -0.25) is 4.79 Å². The number of likely N-dealkylation sites (tertiary alicyclic amines) is 1. The summed E-state index contributed by atoms with van der Waals surface area (Å²) in [5.74, 6) is 0.375. The first-order valence-electron chi connectivity index (χ1n) is 6.53. The van der Waals surface area contributed by atoms with Crippen LogP contribution < -0.4 is 5.73 Å². The highest BCUT2D eigenvalue weighted by molar-refractivity contribution is 9.10. The van der Waals surface area contributed by atoms with Gasteiger partial charge in [0.25, 0.3) is 5.91 Å². The van der Waals surface area contributed by atoms with Crippen LogP contribution in [0.5, 0.6) is 0 Å². The topological polar surface area (TPSA) is 46.3 Å². The molecular formula is C14H18BrClN2O. The first kappa shape index (κ1) is 14.8. The van der Waals surface area contributed by atoms with Crippen LogP contribution in [0.4, 0.5) is 0 Å². The van der Waals surface area contributed by atoms with Gasteiger partial charge in [0.1, 0.15) is 0 Å². The van der Waals surface area contributed by atoms with E-state index in [-0.39, 0.29) is 11.9 Å². The molecule has 19 heavy (non-hydrogen) atoms. The maximum Gasteiger partial charge on any atom is 0.255 e. The van der Waals surface area contributed by atoms with Gasteiger partial charge in [0.15, 0.2) is 0 Å². The number of piperidine rings is 1. The van der Waals surface area contributed by atoms with Crippen molar-refractivity contribution in [2.75, 3.05) is 13.1 Å². The summed E-state index contributed by atoms with van der Waals surface area (Å²) in [6.07, 6.45) is 1.85. The van der Waals surface area contributed by atoms with Crippen molar-refractivity contribution in [3.8, 4) is 0 Å². The fraction of sp³-hybridized carbons (Fsp3) is 0.500. The molecule has 0 saturated carbocycles. The van der Waals surface area contributed by atoms with E-state index in [2.05, 4.69) is 22.9 Å². The fourth-order valence-corrected chi connectivity index (χ4v) is 3.08. The average Bonchev–Trinajstić information content (AvgIpc) is 2.41. The Kier molecular flexibility index (Phi) is 4.87. The van der Waals surface area contributed by atoms with Crippen LogP contribution in [0.15, 0.2) is 22.7 Å². The Labute approximate surface area is 127 Å². The summed E-state index contributed by atoms with van der Waals surface area (Å²) in [6, 6.07) is 5.63. The molecule has 1 heterocycles. The number of hydrogen-bond donors (Lipinski definition) is 1. The Bertz CT molecular complexity index is 481. The van der Waals surface area contributed by atoms with Crippen LogP contribution in [0.25, 0.3) is 0 Å². The van der Waals surface area contributed by atoms with Crippen molar-refractivity contribution in [1.82, 2.24) is 4.90 Å². The zero-order valence-corrected chi connectivity index (χ0v) is 13.2. The molecule has 1 aliphatic rings. The summed E-state index contributed by atoms with van der Waals surface area (Å²) in [7, 11) is 0. The minimum atomic E-state index is -0.00310. The lowest BCUT2D eigenvalue weighted by Gasteiger charge is -2.36. The largest absolute Gasteiger partial charge is 0.338 e. The van der Waals surface area contributed by atoms with Gasteiger partial charge in [-0.2, -0.15) is 0 Å². The maximum absolute atomic E-state index is 12.5. The lowest BCUT2D eigenvalue weighted by atomic mass is 9.90. The summed E-state index contributed by atoms with van der Waals surface area (Å²) in [5.41, 5.74) is 6.63. The zero-order valence-electron chi connectivity index (χ0n) is 10.9. The van der Waals surface area contributed by atoms with E-state index in [9.17, 15) is 4.79 Å². The molecule has 1 aliphatic heterocycles. The van der Waals surface area contributed by atoms with Crippen molar-refractivity contribution in [3.05, 3.63) is 33.3 Å². The number of halogens is 2. The Morgan fingerprint density at radius 3 is 3.00 bits per heavy atom. The second-order valence-corrected chi connectivity index (χ2v) is 6.21. The molecule has 0 spiro atoms. The predicted molar refractivity (Wildman–Crippen MR) is 81.4 cm³/mol. The monoisotopic (exact) mass is 344 g/mol. The van der Waals surface area contributed by atoms with Gasteiger partial charge in [-0.05, 0) is 40.4 Å². The van der Waals surface area contributed by atoms with Crippen LogP contribution in [-0.4, -0.2) is 29.9 Å². The van der Waals surface area contributed by atoms with Gasteiger partial charge in [-0.25, -0.2) is 0 Å². The van der Waals surface area contributed by atoms with Gasteiger partial charge in [0.2, 0.25) is 0 Å².